The highest BCUT2D eigenvalue weighted by molar-refractivity contribution is 5.94. The molecule has 0 aromatic heterocycles. The summed E-state index contributed by atoms with van der Waals surface area (Å²) in [6, 6.07) is 12.1. The van der Waals surface area contributed by atoms with Gasteiger partial charge >= 0.3 is 5.97 Å². The molecule has 1 amide bonds. The molecule has 0 saturated carbocycles. The Labute approximate surface area is 147 Å². The molecular weight excluding hydrogens is 321 g/mol. The van der Waals surface area contributed by atoms with Gasteiger partial charge in [-0.3, -0.25) is 9.59 Å². The molecule has 0 fully saturated rings. The lowest BCUT2D eigenvalue weighted by atomic mass is 9.98. The largest absolute Gasteiger partial charge is 0.469 e. The van der Waals surface area contributed by atoms with Crippen LogP contribution in [-0.2, 0) is 16.0 Å². The number of hydrogen-bond acceptors (Lipinski definition) is 3. The summed E-state index contributed by atoms with van der Waals surface area (Å²) in [5.74, 6) is -2.08. The fourth-order valence-electron chi connectivity index (χ4n) is 2.54. The van der Waals surface area contributed by atoms with Crippen LogP contribution in [0.25, 0.3) is 0 Å². The maximum atomic E-state index is 13.8. The van der Waals surface area contributed by atoms with Crippen LogP contribution in [0.3, 0.4) is 0 Å². The molecule has 0 aliphatic heterocycles. The van der Waals surface area contributed by atoms with Crippen LogP contribution in [-0.4, -0.2) is 25.5 Å². The second-order valence-corrected chi connectivity index (χ2v) is 6.10. The summed E-state index contributed by atoms with van der Waals surface area (Å²) in [5.41, 5.74) is 2.85. The first kappa shape index (κ1) is 18.6. The van der Waals surface area contributed by atoms with Gasteiger partial charge in [-0.25, -0.2) is 4.39 Å². The lowest BCUT2D eigenvalue weighted by Crippen LogP contribution is -2.35. The molecular formula is C20H22FNO3. The van der Waals surface area contributed by atoms with Gasteiger partial charge in [0.05, 0.1) is 18.6 Å². The summed E-state index contributed by atoms with van der Waals surface area (Å²) < 4.78 is 18.6. The summed E-state index contributed by atoms with van der Waals surface area (Å²) in [6.07, 6.45) is 0.434. The molecule has 0 aliphatic carbocycles. The first-order chi connectivity index (χ1) is 11.9. The van der Waals surface area contributed by atoms with E-state index >= 15 is 0 Å². The van der Waals surface area contributed by atoms with Gasteiger partial charge < -0.3 is 10.1 Å². The van der Waals surface area contributed by atoms with Crippen molar-refractivity contribution in [2.24, 2.45) is 5.92 Å². The Morgan fingerprint density at radius 1 is 1.08 bits per heavy atom. The van der Waals surface area contributed by atoms with Crippen molar-refractivity contribution >= 4 is 11.9 Å². The van der Waals surface area contributed by atoms with E-state index in [0.717, 1.165) is 16.7 Å². The Hall–Kier alpha value is -2.69. The van der Waals surface area contributed by atoms with Crippen LogP contribution in [0, 0.1) is 25.6 Å². The number of amides is 1. The van der Waals surface area contributed by atoms with Crippen molar-refractivity contribution in [3.05, 3.63) is 70.5 Å². The van der Waals surface area contributed by atoms with E-state index in [0.29, 0.717) is 6.42 Å². The van der Waals surface area contributed by atoms with E-state index in [1.165, 1.54) is 19.2 Å². The van der Waals surface area contributed by atoms with E-state index in [1.54, 1.807) is 13.0 Å². The molecule has 0 aliphatic rings. The van der Waals surface area contributed by atoms with Gasteiger partial charge in [0.1, 0.15) is 5.82 Å². The van der Waals surface area contributed by atoms with Crippen molar-refractivity contribution in [2.75, 3.05) is 13.7 Å². The number of benzene rings is 2. The number of aryl methyl sites for hydroxylation is 2. The molecule has 2 aromatic carbocycles. The molecule has 0 bridgehead atoms. The zero-order valence-corrected chi connectivity index (χ0v) is 14.6. The second kappa shape index (κ2) is 8.42. The summed E-state index contributed by atoms with van der Waals surface area (Å²) in [7, 11) is 1.31. The topological polar surface area (TPSA) is 55.4 Å². The van der Waals surface area contributed by atoms with E-state index in [-0.39, 0.29) is 12.1 Å². The highest BCUT2D eigenvalue weighted by Gasteiger charge is 2.21. The second-order valence-electron chi connectivity index (χ2n) is 6.10. The maximum absolute atomic E-state index is 13.8. The molecule has 0 radical (unpaired) electrons. The van der Waals surface area contributed by atoms with Crippen molar-refractivity contribution in [1.29, 1.82) is 0 Å². The average Bonchev–Trinajstić information content (AvgIpc) is 2.61. The molecule has 25 heavy (non-hydrogen) atoms. The van der Waals surface area contributed by atoms with Crippen LogP contribution in [0.2, 0.25) is 0 Å². The molecule has 1 N–H and O–H groups in total. The first-order valence-corrected chi connectivity index (χ1v) is 8.08. The summed E-state index contributed by atoms with van der Waals surface area (Å²) in [4.78, 5) is 24.2. The van der Waals surface area contributed by atoms with Crippen LogP contribution in [0.15, 0.2) is 42.5 Å². The van der Waals surface area contributed by atoms with Crippen LogP contribution in [0.4, 0.5) is 4.39 Å². The zero-order chi connectivity index (χ0) is 18.4. The van der Waals surface area contributed by atoms with Crippen LogP contribution < -0.4 is 5.32 Å². The SMILES string of the molecule is COC(=O)C(CNC(=O)c1cc(C)ccc1F)Cc1ccc(C)cc1. The van der Waals surface area contributed by atoms with Crippen LogP contribution >= 0.6 is 0 Å². The molecule has 2 aromatic rings. The van der Waals surface area contributed by atoms with Gasteiger partial charge in [-0.2, -0.15) is 0 Å². The number of halogens is 1. The Morgan fingerprint density at radius 2 is 1.72 bits per heavy atom. The molecule has 5 heteroatoms. The zero-order valence-electron chi connectivity index (χ0n) is 14.6. The lowest BCUT2D eigenvalue weighted by Gasteiger charge is -2.16. The number of rotatable bonds is 6. The Balaban J connectivity index is 2.06. The van der Waals surface area contributed by atoms with Crippen molar-refractivity contribution in [1.82, 2.24) is 5.32 Å². The van der Waals surface area contributed by atoms with E-state index in [1.807, 2.05) is 31.2 Å². The van der Waals surface area contributed by atoms with E-state index < -0.39 is 23.6 Å². The van der Waals surface area contributed by atoms with Crippen molar-refractivity contribution in [3.63, 3.8) is 0 Å². The Bertz CT molecular complexity index is 756. The fraction of sp³-hybridized carbons (Fsp3) is 0.300. The monoisotopic (exact) mass is 343 g/mol. The quantitative estimate of drug-likeness (QED) is 0.820. The first-order valence-electron chi connectivity index (χ1n) is 8.08. The highest BCUT2D eigenvalue weighted by Crippen LogP contribution is 2.13. The van der Waals surface area contributed by atoms with Gasteiger partial charge in [0, 0.05) is 6.54 Å². The summed E-state index contributed by atoms with van der Waals surface area (Å²) in [5, 5.41) is 2.63. The van der Waals surface area contributed by atoms with Crippen LogP contribution in [0.5, 0.6) is 0 Å². The van der Waals surface area contributed by atoms with Crippen LogP contribution in [0.1, 0.15) is 27.0 Å². The number of ether oxygens (including phenoxy) is 1. The lowest BCUT2D eigenvalue weighted by molar-refractivity contribution is -0.145. The molecule has 132 valence electrons. The third-order valence-electron chi connectivity index (χ3n) is 4.01. The number of nitrogens with one attached hydrogen (secondary N) is 1. The molecule has 1 unspecified atom stereocenters. The van der Waals surface area contributed by atoms with Gasteiger partial charge in [-0.1, -0.05) is 41.5 Å². The highest BCUT2D eigenvalue weighted by atomic mass is 19.1. The molecule has 0 spiro atoms. The third-order valence-corrected chi connectivity index (χ3v) is 4.01. The maximum Gasteiger partial charge on any atom is 0.310 e. The van der Waals surface area contributed by atoms with Crippen molar-refractivity contribution < 1.29 is 18.7 Å². The van der Waals surface area contributed by atoms with E-state index in [9.17, 15) is 14.0 Å². The Morgan fingerprint density at radius 3 is 2.36 bits per heavy atom. The van der Waals surface area contributed by atoms with Gasteiger partial charge in [-0.05, 0) is 38.0 Å². The summed E-state index contributed by atoms with van der Waals surface area (Å²) in [6.45, 7) is 3.84. The number of methoxy groups -OCH3 is 1. The predicted octanol–water partition coefficient (Wildman–Crippen LogP) is 3.20. The van der Waals surface area contributed by atoms with Gasteiger partial charge in [0.25, 0.3) is 5.91 Å². The third kappa shape index (κ3) is 5.14. The average molecular weight is 343 g/mol. The number of carbonyl (C=O) groups excluding carboxylic acids is 2. The summed E-state index contributed by atoms with van der Waals surface area (Å²) >= 11 is 0. The minimum Gasteiger partial charge on any atom is -0.469 e. The van der Waals surface area contributed by atoms with E-state index in [2.05, 4.69) is 5.32 Å². The number of hydrogen-bond donors (Lipinski definition) is 1. The minimum atomic E-state index is -0.587. The van der Waals surface area contributed by atoms with E-state index in [4.69, 9.17) is 4.74 Å². The molecule has 0 saturated heterocycles. The van der Waals surface area contributed by atoms with Crippen molar-refractivity contribution in [2.45, 2.75) is 20.3 Å². The van der Waals surface area contributed by atoms with Crippen molar-refractivity contribution in [3.8, 4) is 0 Å². The fourth-order valence-corrected chi connectivity index (χ4v) is 2.54. The Kier molecular flexibility index (Phi) is 6.28. The predicted molar refractivity (Wildman–Crippen MR) is 93.9 cm³/mol. The number of carbonyl (C=O) groups is 2. The smallest absolute Gasteiger partial charge is 0.310 e. The molecule has 0 heterocycles. The van der Waals surface area contributed by atoms with Gasteiger partial charge in [0.2, 0.25) is 0 Å². The van der Waals surface area contributed by atoms with Gasteiger partial charge in [-0.15, -0.1) is 0 Å². The van der Waals surface area contributed by atoms with Gasteiger partial charge in [0.15, 0.2) is 0 Å². The molecule has 1 atom stereocenters. The normalized spacial score (nSPS) is 11.7. The molecule has 2 rings (SSSR count). The molecule has 4 nitrogen and oxygen atoms in total. The minimum absolute atomic E-state index is 0.0287. The standard InChI is InChI=1S/C20H22FNO3/c1-13-4-7-15(8-5-13)11-16(20(24)25-3)12-22-19(23)17-10-14(2)6-9-18(17)21/h4-10,16H,11-12H2,1-3H3,(H,22,23). The number of esters is 1.